The van der Waals surface area contributed by atoms with E-state index in [0.717, 1.165) is 18.6 Å². The lowest BCUT2D eigenvalue weighted by Gasteiger charge is -2.16. The molecule has 1 aliphatic heterocycles. The van der Waals surface area contributed by atoms with E-state index in [-0.39, 0.29) is 17.6 Å². The Morgan fingerprint density at radius 3 is 2.81 bits per heavy atom. The van der Waals surface area contributed by atoms with Gasteiger partial charge in [-0.25, -0.2) is 0 Å². The standard InChI is InChI=1S/C12H17NO3/c1-8-10(4-5-16-8)13-7-9-2-3-11(14)12(15)6-9/h2-3,6,8,10,13-15H,4-5,7H2,1H3. The van der Waals surface area contributed by atoms with E-state index in [0.29, 0.717) is 12.6 Å². The zero-order valence-electron chi connectivity index (χ0n) is 9.31. The molecule has 1 heterocycles. The van der Waals surface area contributed by atoms with Crippen LogP contribution < -0.4 is 5.32 Å². The molecule has 1 saturated heterocycles. The van der Waals surface area contributed by atoms with E-state index < -0.39 is 0 Å². The summed E-state index contributed by atoms with van der Waals surface area (Å²) in [5.41, 5.74) is 0.953. The normalized spacial score (nSPS) is 24.8. The molecule has 88 valence electrons. The van der Waals surface area contributed by atoms with Gasteiger partial charge in [-0.05, 0) is 31.0 Å². The fourth-order valence-electron chi connectivity index (χ4n) is 1.93. The summed E-state index contributed by atoms with van der Waals surface area (Å²) in [5.74, 6) is -0.156. The first-order chi connectivity index (χ1) is 7.66. The monoisotopic (exact) mass is 223 g/mol. The molecular formula is C12H17NO3. The Hall–Kier alpha value is -1.26. The van der Waals surface area contributed by atoms with Crippen LogP contribution in [0.2, 0.25) is 0 Å². The molecule has 1 aliphatic rings. The van der Waals surface area contributed by atoms with Gasteiger partial charge in [-0.15, -0.1) is 0 Å². The molecule has 1 aromatic carbocycles. The van der Waals surface area contributed by atoms with Crippen molar-refractivity contribution in [1.29, 1.82) is 0 Å². The van der Waals surface area contributed by atoms with E-state index in [2.05, 4.69) is 12.2 Å². The number of aromatic hydroxyl groups is 2. The molecule has 2 rings (SSSR count). The van der Waals surface area contributed by atoms with E-state index >= 15 is 0 Å². The molecule has 1 fully saturated rings. The van der Waals surface area contributed by atoms with Crippen molar-refractivity contribution in [3.63, 3.8) is 0 Å². The van der Waals surface area contributed by atoms with Crippen molar-refractivity contribution in [3.8, 4) is 11.5 Å². The summed E-state index contributed by atoms with van der Waals surface area (Å²) in [6, 6.07) is 5.24. The van der Waals surface area contributed by atoms with Crippen LogP contribution in [-0.2, 0) is 11.3 Å². The first-order valence-electron chi connectivity index (χ1n) is 5.52. The smallest absolute Gasteiger partial charge is 0.157 e. The third kappa shape index (κ3) is 2.46. The van der Waals surface area contributed by atoms with Gasteiger partial charge in [0.05, 0.1) is 6.10 Å². The zero-order chi connectivity index (χ0) is 11.5. The number of phenols is 2. The van der Waals surface area contributed by atoms with Gasteiger partial charge in [0.2, 0.25) is 0 Å². The van der Waals surface area contributed by atoms with Crippen molar-refractivity contribution < 1.29 is 14.9 Å². The highest BCUT2D eigenvalue weighted by molar-refractivity contribution is 5.40. The van der Waals surface area contributed by atoms with E-state index in [1.807, 2.05) is 0 Å². The quantitative estimate of drug-likeness (QED) is 0.677. The molecule has 0 bridgehead atoms. The van der Waals surface area contributed by atoms with Crippen molar-refractivity contribution in [3.05, 3.63) is 23.8 Å². The third-order valence-corrected chi connectivity index (χ3v) is 2.98. The van der Waals surface area contributed by atoms with Crippen LogP contribution >= 0.6 is 0 Å². The lowest BCUT2D eigenvalue weighted by atomic mass is 10.1. The van der Waals surface area contributed by atoms with E-state index in [1.54, 1.807) is 12.1 Å². The molecule has 16 heavy (non-hydrogen) atoms. The van der Waals surface area contributed by atoms with Gasteiger partial charge in [0.1, 0.15) is 0 Å². The second-order valence-corrected chi connectivity index (χ2v) is 4.18. The van der Waals surface area contributed by atoms with Gasteiger partial charge in [-0.1, -0.05) is 6.07 Å². The molecule has 0 spiro atoms. The number of phenolic OH excluding ortho intramolecular Hbond substituents is 2. The number of nitrogens with one attached hydrogen (secondary N) is 1. The molecule has 0 amide bonds. The Bertz CT molecular complexity index is 367. The summed E-state index contributed by atoms with van der Waals surface area (Å²) in [4.78, 5) is 0. The summed E-state index contributed by atoms with van der Waals surface area (Å²) in [7, 11) is 0. The Labute approximate surface area is 94.9 Å². The Morgan fingerprint density at radius 2 is 2.19 bits per heavy atom. The summed E-state index contributed by atoms with van der Waals surface area (Å²) in [5, 5.41) is 21.9. The Morgan fingerprint density at radius 1 is 1.38 bits per heavy atom. The predicted octanol–water partition coefficient (Wildman–Crippen LogP) is 1.36. The highest BCUT2D eigenvalue weighted by Gasteiger charge is 2.23. The number of ether oxygens (including phenoxy) is 1. The summed E-state index contributed by atoms with van der Waals surface area (Å²) >= 11 is 0. The SMILES string of the molecule is CC1OCCC1NCc1ccc(O)c(O)c1. The molecule has 4 nitrogen and oxygen atoms in total. The lowest BCUT2D eigenvalue weighted by molar-refractivity contribution is 0.113. The van der Waals surface area contributed by atoms with Crippen LogP contribution in [0.3, 0.4) is 0 Å². The number of hydrogen-bond acceptors (Lipinski definition) is 4. The largest absolute Gasteiger partial charge is 0.504 e. The Kier molecular flexibility index (Phi) is 3.31. The Balaban J connectivity index is 1.91. The van der Waals surface area contributed by atoms with Crippen molar-refractivity contribution in [2.24, 2.45) is 0 Å². The van der Waals surface area contributed by atoms with Gasteiger partial charge in [-0.2, -0.15) is 0 Å². The van der Waals surface area contributed by atoms with Crippen LogP contribution in [0.1, 0.15) is 18.9 Å². The van der Waals surface area contributed by atoms with Crippen LogP contribution in [-0.4, -0.2) is 29.0 Å². The second-order valence-electron chi connectivity index (χ2n) is 4.18. The molecular weight excluding hydrogens is 206 g/mol. The van der Waals surface area contributed by atoms with Crippen LogP contribution in [0.25, 0.3) is 0 Å². The van der Waals surface area contributed by atoms with Crippen LogP contribution in [0.4, 0.5) is 0 Å². The van der Waals surface area contributed by atoms with Crippen molar-refractivity contribution in [2.45, 2.75) is 32.0 Å². The maximum atomic E-state index is 9.34. The first-order valence-corrected chi connectivity index (χ1v) is 5.52. The van der Waals surface area contributed by atoms with Crippen molar-refractivity contribution >= 4 is 0 Å². The van der Waals surface area contributed by atoms with Crippen LogP contribution in [0.15, 0.2) is 18.2 Å². The van der Waals surface area contributed by atoms with Gasteiger partial charge in [0.15, 0.2) is 11.5 Å². The first kappa shape index (κ1) is 11.2. The number of rotatable bonds is 3. The van der Waals surface area contributed by atoms with Gasteiger partial charge in [0, 0.05) is 19.2 Å². The molecule has 0 radical (unpaired) electrons. The van der Waals surface area contributed by atoms with Crippen LogP contribution in [0.5, 0.6) is 11.5 Å². The lowest BCUT2D eigenvalue weighted by Crippen LogP contribution is -2.34. The molecule has 4 heteroatoms. The highest BCUT2D eigenvalue weighted by atomic mass is 16.5. The number of benzene rings is 1. The van der Waals surface area contributed by atoms with E-state index in [9.17, 15) is 10.2 Å². The fourth-order valence-corrected chi connectivity index (χ4v) is 1.93. The van der Waals surface area contributed by atoms with Gasteiger partial charge in [-0.3, -0.25) is 0 Å². The third-order valence-electron chi connectivity index (χ3n) is 2.98. The fraction of sp³-hybridized carbons (Fsp3) is 0.500. The van der Waals surface area contributed by atoms with Crippen molar-refractivity contribution in [1.82, 2.24) is 5.32 Å². The minimum absolute atomic E-state index is 0.0741. The number of hydrogen-bond donors (Lipinski definition) is 3. The average molecular weight is 223 g/mol. The van der Waals surface area contributed by atoms with E-state index in [1.165, 1.54) is 6.07 Å². The minimum Gasteiger partial charge on any atom is -0.504 e. The molecule has 0 aliphatic carbocycles. The van der Waals surface area contributed by atoms with Gasteiger partial charge < -0.3 is 20.3 Å². The molecule has 2 unspecified atom stereocenters. The highest BCUT2D eigenvalue weighted by Crippen LogP contribution is 2.25. The maximum absolute atomic E-state index is 9.34. The van der Waals surface area contributed by atoms with E-state index in [4.69, 9.17) is 4.74 Å². The van der Waals surface area contributed by atoms with Crippen molar-refractivity contribution in [2.75, 3.05) is 6.61 Å². The summed E-state index contributed by atoms with van der Waals surface area (Å²) in [6.45, 7) is 3.53. The summed E-state index contributed by atoms with van der Waals surface area (Å²) < 4.78 is 5.44. The van der Waals surface area contributed by atoms with Crippen LogP contribution in [0, 0.1) is 0 Å². The molecule has 0 aromatic heterocycles. The zero-order valence-corrected chi connectivity index (χ0v) is 9.31. The van der Waals surface area contributed by atoms with Gasteiger partial charge >= 0.3 is 0 Å². The topological polar surface area (TPSA) is 61.7 Å². The predicted molar refractivity (Wildman–Crippen MR) is 60.4 cm³/mol. The summed E-state index contributed by atoms with van der Waals surface area (Å²) in [6.07, 6.45) is 1.26. The maximum Gasteiger partial charge on any atom is 0.157 e. The van der Waals surface area contributed by atoms with Gasteiger partial charge in [0.25, 0.3) is 0 Å². The average Bonchev–Trinajstić information content (AvgIpc) is 2.66. The molecule has 1 aromatic rings. The molecule has 0 saturated carbocycles. The second kappa shape index (κ2) is 4.72. The molecule has 3 N–H and O–H groups in total. The minimum atomic E-state index is -0.0821. The molecule has 2 atom stereocenters.